The molecule has 0 atom stereocenters. The predicted octanol–water partition coefficient (Wildman–Crippen LogP) is 2.18. The van der Waals surface area contributed by atoms with Gasteiger partial charge in [-0.25, -0.2) is 0 Å². The number of phenols is 1. The molecule has 0 unspecified atom stereocenters. The molecule has 0 aliphatic rings. The molecule has 0 saturated carbocycles. The number of rotatable bonds is 2. The summed E-state index contributed by atoms with van der Waals surface area (Å²) in [7, 11) is 0. The summed E-state index contributed by atoms with van der Waals surface area (Å²) in [5.74, 6) is -0.733. The quantitative estimate of drug-likeness (QED) is 0.797. The van der Waals surface area contributed by atoms with Crippen molar-refractivity contribution in [2.24, 2.45) is 0 Å². The minimum Gasteiger partial charge on any atom is -0.508 e. The molecule has 1 rings (SSSR count). The number of carboxylic acids is 1. The van der Waals surface area contributed by atoms with Crippen molar-refractivity contribution in [3.05, 3.63) is 29.8 Å². The van der Waals surface area contributed by atoms with Gasteiger partial charge in [0.05, 0.1) is 5.41 Å². The highest BCUT2D eigenvalue weighted by Crippen LogP contribution is 2.24. The fraction of sp³-hybridized carbons (Fsp3) is 0.300. The number of hydrogen-bond donors (Lipinski definition) is 2. The molecular formula is C10H13ClO3. The van der Waals surface area contributed by atoms with Gasteiger partial charge in [-0.15, -0.1) is 12.4 Å². The van der Waals surface area contributed by atoms with Gasteiger partial charge in [0.15, 0.2) is 0 Å². The van der Waals surface area contributed by atoms with Crippen LogP contribution in [0.25, 0.3) is 0 Å². The Labute approximate surface area is 88.8 Å². The molecule has 14 heavy (non-hydrogen) atoms. The van der Waals surface area contributed by atoms with Crippen molar-refractivity contribution in [3.63, 3.8) is 0 Å². The van der Waals surface area contributed by atoms with Crippen LogP contribution in [-0.4, -0.2) is 16.2 Å². The molecule has 1 aromatic carbocycles. The fourth-order valence-electron chi connectivity index (χ4n) is 1.00. The highest BCUT2D eigenvalue weighted by molar-refractivity contribution is 5.85. The maximum Gasteiger partial charge on any atom is 0.313 e. The van der Waals surface area contributed by atoms with Crippen molar-refractivity contribution in [2.75, 3.05) is 0 Å². The molecule has 0 amide bonds. The van der Waals surface area contributed by atoms with E-state index in [9.17, 15) is 4.79 Å². The zero-order chi connectivity index (χ0) is 10.1. The highest BCUT2D eigenvalue weighted by Gasteiger charge is 2.28. The van der Waals surface area contributed by atoms with Gasteiger partial charge in [0.2, 0.25) is 0 Å². The zero-order valence-electron chi connectivity index (χ0n) is 8.02. The Kier molecular flexibility index (Phi) is 3.95. The summed E-state index contributed by atoms with van der Waals surface area (Å²) in [5.41, 5.74) is -0.231. The Morgan fingerprint density at radius 2 is 1.64 bits per heavy atom. The predicted molar refractivity (Wildman–Crippen MR) is 56.0 cm³/mol. The summed E-state index contributed by atoms with van der Waals surface area (Å²) in [6.45, 7) is 3.25. The van der Waals surface area contributed by atoms with Crippen LogP contribution in [-0.2, 0) is 10.2 Å². The topological polar surface area (TPSA) is 57.5 Å². The number of aromatic hydroxyl groups is 1. The van der Waals surface area contributed by atoms with E-state index < -0.39 is 11.4 Å². The fourth-order valence-corrected chi connectivity index (χ4v) is 1.00. The van der Waals surface area contributed by atoms with Gasteiger partial charge in [-0.2, -0.15) is 0 Å². The molecule has 0 aliphatic heterocycles. The van der Waals surface area contributed by atoms with Crippen molar-refractivity contribution >= 4 is 18.4 Å². The van der Waals surface area contributed by atoms with Crippen LogP contribution >= 0.6 is 12.4 Å². The molecule has 0 heterocycles. The lowest BCUT2D eigenvalue weighted by atomic mass is 9.85. The smallest absolute Gasteiger partial charge is 0.313 e. The summed E-state index contributed by atoms with van der Waals surface area (Å²) < 4.78 is 0. The second-order valence-electron chi connectivity index (χ2n) is 3.48. The van der Waals surface area contributed by atoms with E-state index in [4.69, 9.17) is 10.2 Å². The van der Waals surface area contributed by atoms with E-state index in [0.29, 0.717) is 5.56 Å². The van der Waals surface area contributed by atoms with Crippen molar-refractivity contribution in [1.82, 2.24) is 0 Å². The summed E-state index contributed by atoms with van der Waals surface area (Å²) in [4.78, 5) is 10.8. The second-order valence-corrected chi connectivity index (χ2v) is 3.48. The van der Waals surface area contributed by atoms with Crippen LogP contribution in [0.3, 0.4) is 0 Å². The molecule has 78 valence electrons. The van der Waals surface area contributed by atoms with Gasteiger partial charge in [0, 0.05) is 0 Å². The van der Waals surface area contributed by atoms with Gasteiger partial charge in [-0.3, -0.25) is 4.79 Å². The lowest BCUT2D eigenvalue weighted by Gasteiger charge is -2.19. The number of benzene rings is 1. The molecule has 0 aliphatic carbocycles. The Bertz CT molecular complexity index is 317. The Balaban J connectivity index is 0.00000169. The normalized spacial score (nSPS) is 10.4. The summed E-state index contributed by atoms with van der Waals surface area (Å²) in [6.07, 6.45) is 0. The molecule has 0 bridgehead atoms. The molecule has 0 aromatic heterocycles. The molecule has 1 aromatic rings. The van der Waals surface area contributed by atoms with Crippen LogP contribution in [0.5, 0.6) is 5.75 Å². The number of aliphatic carboxylic acids is 1. The lowest BCUT2D eigenvalue weighted by molar-refractivity contribution is -0.142. The maximum atomic E-state index is 10.8. The van der Waals surface area contributed by atoms with E-state index in [0.717, 1.165) is 0 Å². The van der Waals surface area contributed by atoms with Gasteiger partial charge < -0.3 is 10.2 Å². The first-order valence-corrected chi connectivity index (χ1v) is 3.97. The summed E-state index contributed by atoms with van der Waals surface area (Å²) >= 11 is 0. The maximum absolute atomic E-state index is 10.8. The molecule has 3 nitrogen and oxygen atoms in total. The molecule has 0 fully saturated rings. The molecule has 0 radical (unpaired) electrons. The Hall–Kier alpha value is -1.22. The average Bonchev–Trinajstić information content (AvgIpc) is 2.04. The van der Waals surface area contributed by atoms with E-state index in [1.54, 1.807) is 26.0 Å². The van der Waals surface area contributed by atoms with E-state index in [1.807, 2.05) is 0 Å². The largest absolute Gasteiger partial charge is 0.508 e. The van der Waals surface area contributed by atoms with E-state index in [1.165, 1.54) is 12.1 Å². The number of carbonyl (C=O) groups is 1. The van der Waals surface area contributed by atoms with Gasteiger partial charge in [-0.1, -0.05) is 12.1 Å². The molecular weight excluding hydrogens is 204 g/mol. The van der Waals surface area contributed by atoms with E-state index in [-0.39, 0.29) is 18.2 Å². The Morgan fingerprint density at radius 1 is 1.21 bits per heavy atom. The third-order valence-electron chi connectivity index (χ3n) is 2.12. The van der Waals surface area contributed by atoms with Crippen LogP contribution in [0, 0.1) is 0 Å². The highest BCUT2D eigenvalue weighted by atomic mass is 35.5. The van der Waals surface area contributed by atoms with Crippen LogP contribution in [0.1, 0.15) is 19.4 Å². The molecule has 4 heteroatoms. The van der Waals surface area contributed by atoms with Gasteiger partial charge in [0.1, 0.15) is 5.75 Å². The number of phenolic OH excluding ortho intramolecular Hbond substituents is 1. The second kappa shape index (κ2) is 4.33. The average molecular weight is 217 g/mol. The van der Waals surface area contributed by atoms with Crippen LogP contribution in [0.4, 0.5) is 0 Å². The standard InChI is InChI=1S/C10H12O3.ClH/c1-10(2,9(12)13)7-3-5-8(11)6-4-7;/h3-6,11H,1-2H3,(H,12,13);1H. The SMILES string of the molecule is CC(C)(C(=O)O)c1ccc(O)cc1.Cl. The third kappa shape index (κ3) is 2.39. The monoisotopic (exact) mass is 216 g/mol. The Morgan fingerprint density at radius 3 is 2.00 bits per heavy atom. The minimum absolute atomic E-state index is 0. The van der Waals surface area contributed by atoms with Gasteiger partial charge >= 0.3 is 5.97 Å². The number of halogens is 1. The van der Waals surface area contributed by atoms with Crippen LogP contribution in [0.15, 0.2) is 24.3 Å². The molecule has 0 spiro atoms. The first-order chi connectivity index (χ1) is 5.94. The van der Waals surface area contributed by atoms with Gasteiger partial charge in [-0.05, 0) is 31.5 Å². The third-order valence-corrected chi connectivity index (χ3v) is 2.12. The number of hydrogen-bond acceptors (Lipinski definition) is 2. The minimum atomic E-state index is -0.909. The number of carboxylic acid groups (broad SMARTS) is 1. The van der Waals surface area contributed by atoms with Crippen LogP contribution < -0.4 is 0 Å². The van der Waals surface area contributed by atoms with Gasteiger partial charge in [0.25, 0.3) is 0 Å². The van der Waals surface area contributed by atoms with Crippen molar-refractivity contribution in [3.8, 4) is 5.75 Å². The summed E-state index contributed by atoms with van der Waals surface area (Å²) in [6, 6.07) is 6.20. The van der Waals surface area contributed by atoms with E-state index >= 15 is 0 Å². The van der Waals surface area contributed by atoms with Crippen LogP contribution in [0.2, 0.25) is 0 Å². The van der Waals surface area contributed by atoms with E-state index in [2.05, 4.69) is 0 Å². The van der Waals surface area contributed by atoms with Crippen molar-refractivity contribution in [1.29, 1.82) is 0 Å². The molecule has 2 N–H and O–H groups in total. The first-order valence-electron chi connectivity index (χ1n) is 3.97. The molecule has 0 saturated heterocycles. The lowest BCUT2D eigenvalue weighted by Crippen LogP contribution is -2.28. The van der Waals surface area contributed by atoms with Crippen molar-refractivity contribution in [2.45, 2.75) is 19.3 Å². The first kappa shape index (κ1) is 12.8. The zero-order valence-corrected chi connectivity index (χ0v) is 8.84. The van der Waals surface area contributed by atoms with Crippen molar-refractivity contribution < 1.29 is 15.0 Å². The summed E-state index contributed by atoms with van der Waals surface area (Å²) in [5, 5.41) is 17.9.